The van der Waals surface area contributed by atoms with Crippen LogP contribution < -0.4 is 5.32 Å². The van der Waals surface area contributed by atoms with Crippen LogP contribution in [0.15, 0.2) is 24.3 Å². The fraction of sp³-hybridized carbons (Fsp3) is 0.647. The first kappa shape index (κ1) is 14.5. The summed E-state index contributed by atoms with van der Waals surface area (Å²) in [5, 5.41) is 12.7. The number of unbranched alkanes of at least 4 members (excludes halogenated alkanes) is 1. The van der Waals surface area contributed by atoms with Gasteiger partial charge >= 0.3 is 0 Å². The summed E-state index contributed by atoms with van der Waals surface area (Å²) in [6.07, 6.45) is 5.97. The van der Waals surface area contributed by atoms with Crippen molar-refractivity contribution in [3.05, 3.63) is 35.4 Å². The summed E-state index contributed by atoms with van der Waals surface area (Å²) in [6, 6.07) is 10.0. The molecule has 2 N–H and O–H groups in total. The Labute approximate surface area is 117 Å². The van der Waals surface area contributed by atoms with Crippen LogP contribution in [0.3, 0.4) is 0 Å². The lowest BCUT2D eigenvalue weighted by molar-refractivity contribution is 0.121. The summed E-state index contributed by atoms with van der Waals surface area (Å²) >= 11 is 0. The van der Waals surface area contributed by atoms with Gasteiger partial charge in [-0.15, -0.1) is 0 Å². The highest BCUT2D eigenvalue weighted by atomic mass is 16.3. The zero-order chi connectivity index (χ0) is 13.7. The van der Waals surface area contributed by atoms with Gasteiger partial charge in [-0.3, -0.25) is 0 Å². The van der Waals surface area contributed by atoms with Crippen LogP contribution in [0, 0.1) is 5.92 Å². The van der Waals surface area contributed by atoms with Crippen molar-refractivity contribution in [3.8, 4) is 0 Å². The van der Waals surface area contributed by atoms with Crippen LogP contribution in [0.5, 0.6) is 0 Å². The first-order valence-corrected chi connectivity index (χ1v) is 7.68. The summed E-state index contributed by atoms with van der Waals surface area (Å²) in [6.45, 7) is 4.81. The summed E-state index contributed by atoms with van der Waals surface area (Å²) in [4.78, 5) is 0. The van der Waals surface area contributed by atoms with Gasteiger partial charge in [-0.2, -0.15) is 0 Å². The molecule has 2 heteroatoms. The van der Waals surface area contributed by atoms with E-state index in [0.29, 0.717) is 24.6 Å². The van der Waals surface area contributed by atoms with E-state index < -0.39 is 0 Å². The molecule has 0 bridgehead atoms. The average Bonchev–Trinajstić information content (AvgIpc) is 2.40. The number of aliphatic hydroxyl groups excluding tert-OH is 1. The molecule has 0 amide bonds. The van der Waals surface area contributed by atoms with Crippen LogP contribution in [0.4, 0.5) is 0 Å². The van der Waals surface area contributed by atoms with Gasteiger partial charge in [0.05, 0.1) is 0 Å². The highest BCUT2D eigenvalue weighted by Gasteiger charge is 2.29. The van der Waals surface area contributed by atoms with Crippen LogP contribution in [0.2, 0.25) is 0 Å². The molecule has 19 heavy (non-hydrogen) atoms. The smallest absolute Gasteiger partial charge is 0.0460 e. The van der Waals surface area contributed by atoms with E-state index in [2.05, 4.69) is 43.4 Å². The van der Waals surface area contributed by atoms with Crippen molar-refractivity contribution in [2.45, 2.75) is 58.0 Å². The summed E-state index contributed by atoms with van der Waals surface area (Å²) in [7, 11) is 0. The van der Waals surface area contributed by atoms with Gasteiger partial charge in [-0.25, -0.2) is 0 Å². The second-order valence-corrected chi connectivity index (χ2v) is 5.95. The normalized spacial score (nSPS) is 23.9. The Morgan fingerprint density at radius 1 is 1.26 bits per heavy atom. The third-order valence-corrected chi connectivity index (χ3v) is 4.28. The highest BCUT2D eigenvalue weighted by Crippen LogP contribution is 2.29. The van der Waals surface area contributed by atoms with Crippen molar-refractivity contribution < 1.29 is 5.11 Å². The topological polar surface area (TPSA) is 32.3 Å². The summed E-state index contributed by atoms with van der Waals surface area (Å²) in [5.41, 5.74) is 2.81. The Morgan fingerprint density at radius 2 is 1.95 bits per heavy atom. The van der Waals surface area contributed by atoms with E-state index in [-0.39, 0.29) is 0 Å². The molecule has 1 fully saturated rings. The minimum atomic E-state index is 0.346. The molecule has 1 aromatic rings. The predicted octanol–water partition coefficient (Wildman–Crippen LogP) is 3.45. The fourth-order valence-electron chi connectivity index (χ4n) is 2.82. The fourth-order valence-corrected chi connectivity index (χ4v) is 2.82. The van der Waals surface area contributed by atoms with Gasteiger partial charge in [0.15, 0.2) is 0 Å². The van der Waals surface area contributed by atoms with Crippen molar-refractivity contribution >= 4 is 0 Å². The van der Waals surface area contributed by atoms with Crippen molar-refractivity contribution in [1.82, 2.24) is 5.32 Å². The van der Waals surface area contributed by atoms with Gasteiger partial charge in [0.2, 0.25) is 0 Å². The van der Waals surface area contributed by atoms with Crippen molar-refractivity contribution in [2.24, 2.45) is 5.92 Å². The lowest BCUT2D eigenvalue weighted by Gasteiger charge is -2.36. The van der Waals surface area contributed by atoms with Gasteiger partial charge < -0.3 is 10.4 Å². The van der Waals surface area contributed by atoms with E-state index in [1.165, 1.54) is 30.4 Å². The van der Waals surface area contributed by atoms with Crippen LogP contribution in [0.25, 0.3) is 0 Å². The largest absolute Gasteiger partial charge is 0.396 e. The molecule has 1 saturated carbocycles. The van der Waals surface area contributed by atoms with E-state index in [1.54, 1.807) is 0 Å². The molecule has 2 nitrogen and oxygen atoms in total. The molecule has 0 radical (unpaired) electrons. The molecular weight excluding hydrogens is 234 g/mol. The predicted molar refractivity (Wildman–Crippen MR) is 80.2 cm³/mol. The minimum absolute atomic E-state index is 0.346. The lowest BCUT2D eigenvalue weighted by atomic mass is 9.80. The average molecular weight is 261 g/mol. The van der Waals surface area contributed by atoms with Crippen molar-refractivity contribution in [3.63, 3.8) is 0 Å². The van der Waals surface area contributed by atoms with Gasteiger partial charge in [0.1, 0.15) is 0 Å². The first-order valence-electron chi connectivity index (χ1n) is 7.68. The zero-order valence-electron chi connectivity index (χ0n) is 12.2. The van der Waals surface area contributed by atoms with Gasteiger partial charge in [0, 0.05) is 18.7 Å². The Kier molecular flexibility index (Phi) is 5.41. The van der Waals surface area contributed by atoms with Crippen LogP contribution >= 0.6 is 0 Å². The quantitative estimate of drug-likeness (QED) is 0.788. The Morgan fingerprint density at radius 3 is 2.53 bits per heavy atom. The Hall–Kier alpha value is -0.860. The van der Waals surface area contributed by atoms with Gasteiger partial charge in [0.25, 0.3) is 0 Å². The molecule has 1 atom stereocenters. The molecule has 0 heterocycles. The number of benzene rings is 1. The second kappa shape index (κ2) is 7.06. The molecule has 106 valence electrons. The molecule has 1 aliphatic rings. The molecule has 0 aromatic heterocycles. The Balaban J connectivity index is 1.80. The van der Waals surface area contributed by atoms with Crippen molar-refractivity contribution in [1.29, 1.82) is 0 Å². The molecule has 1 aromatic carbocycles. The number of hydrogen-bond donors (Lipinski definition) is 2. The van der Waals surface area contributed by atoms with Gasteiger partial charge in [-0.1, -0.05) is 37.6 Å². The molecule has 0 saturated heterocycles. The lowest BCUT2D eigenvalue weighted by Crippen LogP contribution is -2.43. The zero-order valence-corrected chi connectivity index (χ0v) is 12.2. The summed E-state index contributed by atoms with van der Waals surface area (Å²) in [5.74, 6) is 0.529. The standard InChI is InChI=1S/C17H27NO/c1-3-4-5-14-6-8-16(9-7-14)13(2)18-17-10-15(11-17)12-19/h6-9,13,15,17-19H,3-5,10-12H2,1-2H3. The van der Waals surface area contributed by atoms with Crippen LogP contribution in [-0.4, -0.2) is 17.8 Å². The van der Waals surface area contributed by atoms with Crippen LogP contribution in [-0.2, 0) is 6.42 Å². The molecule has 1 aliphatic carbocycles. The van der Waals surface area contributed by atoms with Crippen molar-refractivity contribution in [2.75, 3.05) is 6.61 Å². The minimum Gasteiger partial charge on any atom is -0.396 e. The molecule has 0 spiro atoms. The van der Waals surface area contributed by atoms with E-state index >= 15 is 0 Å². The van der Waals surface area contributed by atoms with E-state index in [4.69, 9.17) is 5.11 Å². The SMILES string of the molecule is CCCCc1ccc(C(C)NC2CC(CO)C2)cc1. The summed E-state index contributed by atoms with van der Waals surface area (Å²) < 4.78 is 0. The van der Waals surface area contributed by atoms with E-state index in [1.807, 2.05) is 0 Å². The van der Waals surface area contributed by atoms with E-state index in [9.17, 15) is 0 Å². The molecule has 2 rings (SSSR count). The monoisotopic (exact) mass is 261 g/mol. The molecular formula is C17H27NO. The number of hydrogen-bond acceptors (Lipinski definition) is 2. The van der Waals surface area contributed by atoms with Crippen LogP contribution in [0.1, 0.15) is 56.7 Å². The first-order chi connectivity index (χ1) is 9.22. The highest BCUT2D eigenvalue weighted by molar-refractivity contribution is 5.25. The number of nitrogens with one attached hydrogen (secondary N) is 1. The number of rotatable bonds is 7. The molecule has 1 unspecified atom stereocenters. The number of aryl methyl sites for hydroxylation is 1. The third-order valence-electron chi connectivity index (χ3n) is 4.28. The Bertz CT molecular complexity index is 367. The maximum absolute atomic E-state index is 9.03. The maximum atomic E-state index is 9.03. The third kappa shape index (κ3) is 4.05. The maximum Gasteiger partial charge on any atom is 0.0460 e. The van der Waals surface area contributed by atoms with E-state index in [0.717, 1.165) is 12.8 Å². The van der Waals surface area contributed by atoms with Gasteiger partial charge in [-0.05, 0) is 49.7 Å². The second-order valence-electron chi connectivity index (χ2n) is 5.95. The number of aliphatic hydroxyl groups is 1. The molecule has 0 aliphatic heterocycles.